The molecule has 0 aromatic heterocycles. The van der Waals surface area contributed by atoms with Gasteiger partial charge in [-0.05, 0) is 67.6 Å². The average molecular weight is 273 g/mol. The van der Waals surface area contributed by atoms with Gasteiger partial charge in [0.15, 0.2) is 0 Å². The largest absolute Gasteiger partial charge is 0.394 e. The second-order valence-electron chi connectivity index (χ2n) is 6.93. The molecule has 0 aliphatic heterocycles. The quantitative estimate of drug-likeness (QED) is 0.883. The highest BCUT2D eigenvalue weighted by atomic mass is 16.3. The number of aryl methyl sites for hydroxylation is 2. The summed E-state index contributed by atoms with van der Waals surface area (Å²) in [6, 6.07) is 6.92. The number of rotatable bonds is 4. The third-order valence-corrected chi connectivity index (χ3v) is 5.36. The topological polar surface area (TPSA) is 32.3 Å². The lowest BCUT2D eigenvalue weighted by Gasteiger charge is -2.39. The third-order valence-electron chi connectivity index (χ3n) is 5.36. The van der Waals surface area contributed by atoms with Gasteiger partial charge in [0.2, 0.25) is 0 Å². The Bertz CT molecular complexity index is 460. The molecule has 1 aromatic carbocycles. The van der Waals surface area contributed by atoms with Crippen LogP contribution >= 0.6 is 0 Å². The first kappa shape index (κ1) is 14.1. The van der Waals surface area contributed by atoms with E-state index in [1.54, 1.807) is 5.56 Å². The van der Waals surface area contributed by atoms with Crippen molar-refractivity contribution in [1.29, 1.82) is 0 Å². The smallest absolute Gasteiger partial charge is 0.0613 e. The zero-order chi connectivity index (χ0) is 14.0. The molecule has 2 aliphatic carbocycles. The maximum atomic E-state index is 9.80. The number of aliphatic hydroxyl groups excluding tert-OH is 1. The van der Waals surface area contributed by atoms with E-state index in [1.165, 1.54) is 43.2 Å². The van der Waals surface area contributed by atoms with Gasteiger partial charge in [0.25, 0.3) is 0 Å². The molecule has 2 heteroatoms. The van der Waals surface area contributed by atoms with E-state index >= 15 is 0 Å². The Balaban J connectivity index is 1.63. The van der Waals surface area contributed by atoms with Crippen LogP contribution in [0.5, 0.6) is 0 Å². The van der Waals surface area contributed by atoms with E-state index in [1.807, 2.05) is 0 Å². The van der Waals surface area contributed by atoms with Crippen LogP contribution in [-0.2, 0) is 19.4 Å². The zero-order valence-corrected chi connectivity index (χ0v) is 12.6. The summed E-state index contributed by atoms with van der Waals surface area (Å²) in [5.74, 6) is 0.816. The summed E-state index contributed by atoms with van der Waals surface area (Å²) in [6.07, 6.45) is 8.48. The van der Waals surface area contributed by atoms with Crippen molar-refractivity contribution in [3.8, 4) is 0 Å². The molecule has 0 spiro atoms. The lowest BCUT2D eigenvalue weighted by atomic mass is 9.77. The fourth-order valence-electron chi connectivity index (χ4n) is 3.73. The number of fused-ring (bicyclic) bond motifs is 1. The predicted molar refractivity (Wildman–Crippen MR) is 82.8 cm³/mol. The molecule has 0 atom stereocenters. The first-order chi connectivity index (χ1) is 9.71. The Labute approximate surface area is 122 Å². The summed E-state index contributed by atoms with van der Waals surface area (Å²) < 4.78 is 0. The van der Waals surface area contributed by atoms with Gasteiger partial charge in [0.05, 0.1) is 6.61 Å². The van der Waals surface area contributed by atoms with Crippen molar-refractivity contribution in [2.75, 3.05) is 6.61 Å². The molecule has 1 aromatic rings. The Hall–Kier alpha value is -0.860. The number of benzene rings is 1. The van der Waals surface area contributed by atoms with E-state index in [-0.39, 0.29) is 12.1 Å². The van der Waals surface area contributed by atoms with Crippen molar-refractivity contribution in [2.24, 2.45) is 5.92 Å². The predicted octanol–water partition coefficient (Wildman–Crippen LogP) is 3.21. The van der Waals surface area contributed by atoms with Crippen LogP contribution in [0.4, 0.5) is 0 Å². The van der Waals surface area contributed by atoms with E-state index in [2.05, 4.69) is 30.4 Å². The minimum absolute atomic E-state index is 0.0362. The molecule has 0 bridgehead atoms. The van der Waals surface area contributed by atoms with Crippen LogP contribution in [-0.4, -0.2) is 17.3 Å². The Morgan fingerprint density at radius 3 is 2.70 bits per heavy atom. The van der Waals surface area contributed by atoms with Crippen molar-refractivity contribution in [2.45, 2.75) is 64.0 Å². The van der Waals surface area contributed by atoms with Crippen molar-refractivity contribution in [3.05, 3.63) is 34.9 Å². The molecule has 1 saturated carbocycles. The zero-order valence-electron chi connectivity index (χ0n) is 12.6. The Morgan fingerprint density at radius 2 is 1.95 bits per heavy atom. The average Bonchev–Trinajstić information content (AvgIpc) is 2.95. The second kappa shape index (κ2) is 5.87. The van der Waals surface area contributed by atoms with Crippen LogP contribution in [0.2, 0.25) is 0 Å². The van der Waals surface area contributed by atoms with Crippen LogP contribution in [0.3, 0.4) is 0 Å². The highest BCUT2D eigenvalue weighted by Gasteiger charge is 2.32. The highest BCUT2D eigenvalue weighted by molar-refractivity contribution is 5.35. The fraction of sp³-hybridized carbons (Fsp3) is 0.667. The van der Waals surface area contributed by atoms with E-state index < -0.39 is 0 Å². The van der Waals surface area contributed by atoms with E-state index in [9.17, 15) is 5.11 Å². The molecule has 3 rings (SSSR count). The van der Waals surface area contributed by atoms with Crippen LogP contribution in [0.15, 0.2) is 18.2 Å². The molecular formula is C18H27NO. The van der Waals surface area contributed by atoms with E-state index in [0.717, 1.165) is 25.3 Å². The van der Waals surface area contributed by atoms with Gasteiger partial charge in [-0.1, -0.05) is 25.1 Å². The molecule has 0 saturated heterocycles. The lowest BCUT2D eigenvalue weighted by Crippen LogP contribution is -2.50. The summed E-state index contributed by atoms with van der Waals surface area (Å²) in [4.78, 5) is 0. The number of nitrogens with one attached hydrogen (secondary N) is 1. The van der Waals surface area contributed by atoms with Gasteiger partial charge >= 0.3 is 0 Å². The summed E-state index contributed by atoms with van der Waals surface area (Å²) in [7, 11) is 0. The van der Waals surface area contributed by atoms with Crippen LogP contribution in [0.25, 0.3) is 0 Å². The fourth-order valence-corrected chi connectivity index (χ4v) is 3.73. The van der Waals surface area contributed by atoms with Crippen molar-refractivity contribution in [3.63, 3.8) is 0 Å². The van der Waals surface area contributed by atoms with Gasteiger partial charge in [0, 0.05) is 12.1 Å². The molecule has 2 N–H and O–H groups in total. The molecule has 0 radical (unpaired) electrons. The third kappa shape index (κ3) is 2.91. The summed E-state index contributed by atoms with van der Waals surface area (Å²) in [5, 5.41) is 13.5. The standard InChI is InChI=1S/C18H27NO/c1-14-7-9-18(13-20,10-8-14)19-12-15-5-6-16-3-2-4-17(16)11-15/h5-6,11,14,19-20H,2-4,7-10,12-13H2,1H3. The molecule has 0 unspecified atom stereocenters. The second-order valence-corrected chi connectivity index (χ2v) is 6.93. The van der Waals surface area contributed by atoms with Crippen LogP contribution in [0.1, 0.15) is 55.7 Å². The van der Waals surface area contributed by atoms with Gasteiger partial charge in [-0.2, -0.15) is 0 Å². The summed E-state index contributed by atoms with van der Waals surface area (Å²) >= 11 is 0. The molecule has 2 nitrogen and oxygen atoms in total. The molecule has 0 heterocycles. The monoisotopic (exact) mass is 273 g/mol. The highest BCUT2D eigenvalue weighted by Crippen LogP contribution is 2.32. The molecule has 1 fully saturated rings. The van der Waals surface area contributed by atoms with Crippen LogP contribution < -0.4 is 5.32 Å². The van der Waals surface area contributed by atoms with Crippen molar-refractivity contribution in [1.82, 2.24) is 5.32 Å². The normalized spacial score (nSPS) is 29.4. The SMILES string of the molecule is CC1CCC(CO)(NCc2ccc3c(c2)CCC3)CC1. The first-order valence-electron chi connectivity index (χ1n) is 8.17. The molecular weight excluding hydrogens is 246 g/mol. The van der Waals surface area contributed by atoms with Gasteiger partial charge in [0.1, 0.15) is 0 Å². The van der Waals surface area contributed by atoms with Crippen molar-refractivity contribution < 1.29 is 5.11 Å². The van der Waals surface area contributed by atoms with Gasteiger partial charge in [-0.25, -0.2) is 0 Å². The maximum Gasteiger partial charge on any atom is 0.0613 e. The van der Waals surface area contributed by atoms with E-state index in [0.29, 0.717) is 0 Å². The Kier molecular flexibility index (Phi) is 4.13. The first-order valence-corrected chi connectivity index (χ1v) is 8.17. The molecule has 110 valence electrons. The lowest BCUT2D eigenvalue weighted by molar-refractivity contribution is 0.104. The molecule has 20 heavy (non-hydrogen) atoms. The van der Waals surface area contributed by atoms with Gasteiger partial charge in [-0.15, -0.1) is 0 Å². The number of hydrogen-bond donors (Lipinski definition) is 2. The minimum Gasteiger partial charge on any atom is -0.394 e. The number of hydrogen-bond acceptors (Lipinski definition) is 2. The van der Waals surface area contributed by atoms with Gasteiger partial charge < -0.3 is 10.4 Å². The van der Waals surface area contributed by atoms with Crippen molar-refractivity contribution >= 4 is 0 Å². The summed E-state index contributed by atoms with van der Waals surface area (Å²) in [5.41, 5.74) is 4.42. The number of aliphatic hydroxyl groups is 1. The van der Waals surface area contributed by atoms with Gasteiger partial charge in [-0.3, -0.25) is 0 Å². The van der Waals surface area contributed by atoms with Crippen LogP contribution in [0, 0.1) is 5.92 Å². The summed E-state index contributed by atoms with van der Waals surface area (Å²) in [6.45, 7) is 3.48. The van der Waals surface area contributed by atoms with E-state index in [4.69, 9.17) is 0 Å². The Morgan fingerprint density at radius 1 is 1.20 bits per heavy atom. The molecule has 2 aliphatic rings. The minimum atomic E-state index is -0.0362. The maximum absolute atomic E-state index is 9.80. The molecule has 0 amide bonds.